The van der Waals surface area contributed by atoms with Crippen LogP contribution in [0, 0.1) is 0 Å². The lowest BCUT2D eigenvalue weighted by atomic mass is 9.89. The van der Waals surface area contributed by atoms with E-state index in [0.29, 0.717) is 5.82 Å². The summed E-state index contributed by atoms with van der Waals surface area (Å²) >= 11 is 0. The molecular weight excluding hydrogens is 739 g/mol. The number of benzene rings is 10. The van der Waals surface area contributed by atoms with Gasteiger partial charge in [-0.2, -0.15) is 0 Å². The maximum atomic E-state index is 5.23. The molecule has 0 spiro atoms. The van der Waals surface area contributed by atoms with Crippen LogP contribution in [-0.4, -0.2) is 14.5 Å². The fraction of sp³-hybridized carbons (Fsp3) is 0. The van der Waals surface area contributed by atoms with Crippen LogP contribution >= 0.6 is 0 Å². The third-order valence-electron chi connectivity index (χ3n) is 12.2. The molecule has 0 unspecified atom stereocenters. The molecule has 0 radical (unpaired) electrons. The molecule has 12 rings (SSSR count). The van der Waals surface area contributed by atoms with Crippen LogP contribution in [0.1, 0.15) is 0 Å². The molecule has 0 amide bonds. The third-order valence-corrected chi connectivity index (χ3v) is 12.2. The number of hydrogen-bond donors (Lipinski definition) is 0. The quantitative estimate of drug-likeness (QED) is 0.124. The first-order chi connectivity index (χ1) is 30.2. The molecular formula is C58H37N3. The first-order valence-electron chi connectivity index (χ1n) is 20.8. The highest BCUT2D eigenvalue weighted by atomic mass is 15.0. The summed E-state index contributed by atoms with van der Waals surface area (Å²) < 4.78 is 2.37. The minimum absolute atomic E-state index is 0.697. The second kappa shape index (κ2) is 14.3. The van der Waals surface area contributed by atoms with Crippen LogP contribution in [0.2, 0.25) is 0 Å². The van der Waals surface area contributed by atoms with Crippen LogP contribution in [0.15, 0.2) is 224 Å². The van der Waals surface area contributed by atoms with Crippen molar-refractivity contribution in [3.63, 3.8) is 0 Å². The summed E-state index contributed by atoms with van der Waals surface area (Å²) in [5.74, 6) is 0.697. The molecule has 0 aliphatic rings. The standard InChI is InChI=1S/C58H37N3/c1-3-16-41(17-4-1)58-59-52(39-29-31-40(32-30-39)56-47-24-10-8-18-43(47)36-51-46-23-9-7-15-38(46)33-34-49(51)56)37-53(60-58)44-20-13-19-42(35-44)48-26-14-28-55-57(48)50-25-11-12-27-54(50)61(55)45-21-5-2-6-22-45/h1-37H. The van der Waals surface area contributed by atoms with Gasteiger partial charge in [0.25, 0.3) is 0 Å². The minimum atomic E-state index is 0.697. The van der Waals surface area contributed by atoms with E-state index in [1.807, 2.05) is 18.2 Å². The van der Waals surface area contributed by atoms with Crippen LogP contribution in [0.4, 0.5) is 0 Å². The highest BCUT2D eigenvalue weighted by molar-refractivity contribution is 6.20. The molecule has 2 aromatic heterocycles. The molecule has 2 heterocycles. The summed E-state index contributed by atoms with van der Waals surface area (Å²) in [4.78, 5) is 10.4. The van der Waals surface area contributed by atoms with Gasteiger partial charge >= 0.3 is 0 Å². The monoisotopic (exact) mass is 775 g/mol. The van der Waals surface area contributed by atoms with Gasteiger partial charge in [0.15, 0.2) is 5.82 Å². The lowest BCUT2D eigenvalue weighted by Gasteiger charge is -2.15. The fourth-order valence-electron chi connectivity index (χ4n) is 9.36. The van der Waals surface area contributed by atoms with Crippen molar-refractivity contribution >= 4 is 54.1 Å². The molecule has 0 N–H and O–H groups in total. The predicted octanol–water partition coefficient (Wildman–Crippen LogP) is 15.4. The minimum Gasteiger partial charge on any atom is -0.309 e. The SMILES string of the molecule is c1ccc(-c2nc(-c3ccc(-c4c5ccccc5cc5c4ccc4ccccc45)cc3)cc(-c3cccc(-c4cccc5c4c4ccccc4n5-c4ccccc4)c3)n2)cc1. The van der Waals surface area contributed by atoms with Gasteiger partial charge in [-0.05, 0) is 97.0 Å². The number of rotatable bonds is 6. The number of fused-ring (bicyclic) bond motifs is 7. The lowest BCUT2D eigenvalue weighted by Crippen LogP contribution is -1.96. The fourth-order valence-corrected chi connectivity index (χ4v) is 9.36. The van der Waals surface area contributed by atoms with Crippen LogP contribution in [-0.2, 0) is 0 Å². The molecule has 0 aliphatic heterocycles. The van der Waals surface area contributed by atoms with Crippen LogP contribution in [0.25, 0.3) is 116 Å². The Morgan fingerprint density at radius 2 is 0.918 bits per heavy atom. The van der Waals surface area contributed by atoms with Crippen molar-refractivity contribution in [2.75, 3.05) is 0 Å². The van der Waals surface area contributed by atoms with Crippen molar-refractivity contribution in [1.29, 1.82) is 0 Å². The summed E-state index contributed by atoms with van der Waals surface area (Å²) in [5.41, 5.74) is 13.1. The molecule has 0 saturated carbocycles. The first-order valence-corrected chi connectivity index (χ1v) is 20.8. The maximum absolute atomic E-state index is 5.23. The Morgan fingerprint density at radius 3 is 1.74 bits per heavy atom. The zero-order chi connectivity index (χ0) is 40.3. The third kappa shape index (κ3) is 5.90. The Kier molecular flexibility index (Phi) is 8.17. The van der Waals surface area contributed by atoms with Crippen LogP contribution in [0.3, 0.4) is 0 Å². The topological polar surface area (TPSA) is 30.7 Å². The Hall–Kier alpha value is -8.14. The normalized spacial score (nSPS) is 11.6. The van der Waals surface area contributed by atoms with Crippen molar-refractivity contribution in [2.24, 2.45) is 0 Å². The van der Waals surface area contributed by atoms with Crippen molar-refractivity contribution in [3.8, 4) is 61.8 Å². The maximum Gasteiger partial charge on any atom is 0.160 e. The smallest absolute Gasteiger partial charge is 0.160 e. The molecule has 0 saturated heterocycles. The first kappa shape index (κ1) is 34.9. The molecule has 3 heteroatoms. The van der Waals surface area contributed by atoms with Crippen LogP contribution < -0.4 is 0 Å². The molecule has 61 heavy (non-hydrogen) atoms. The number of para-hydroxylation sites is 2. The molecule has 10 aromatic carbocycles. The Labute approximate surface area is 353 Å². The Balaban J connectivity index is 0.995. The molecule has 0 atom stereocenters. The summed E-state index contributed by atoms with van der Waals surface area (Å²) in [5, 5.41) is 9.98. The van der Waals surface area contributed by atoms with Gasteiger partial charge in [0.2, 0.25) is 0 Å². The Bertz CT molecular complexity index is 3620. The van der Waals surface area contributed by atoms with Gasteiger partial charge in [-0.3, -0.25) is 0 Å². The second-order valence-electron chi connectivity index (χ2n) is 15.7. The van der Waals surface area contributed by atoms with Crippen molar-refractivity contribution in [2.45, 2.75) is 0 Å². The van der Waals surface area contributed by atoms with Crippen molar-refractivity contribution in [3.05, 3.63) is 224 Å². The zero-order valence-corrected chi connectivity index (χ0v) is 33.2. The highest BCUT2D eigenvalue weighted by Gasteiger charge is 2.18. The summed E-state index contributed by atoms with van der Waals surface area (Å²) in [6.45, 7) is 0. The Morgan fingerprint density at radius 1 is 0.311 bits per heavy atom. The average Bonchev–Trinajstić information content (AvgIpc) is 3.68. The number of aromatic nitrogens is 3. The summed E-state index contributed by atoms with van der Waals surface area (Å²) in [6, 6.07) is 80.4. The van der Waals surface area contributed by atoms with E-state index in [2.05, 4.69) is 211 Å². The van der Waals surface area contributed by atoms with E-state index in [0.717, 1.165) is 39.3 Å². The van der Waals surface area contributed by atoms with Gasteiger partial charge in [-0.1, -0.05) is 182 Å². The van der Waals surface area contributed by atoms with Gasteiger partial charge in [0.05, 0.1) is 22.4 Å². The van der Waals surface area contributed by atoms with E-state index in [4.69, 9.17) is 9.97 Å². The van der Waals surface area contributed by atoms with Crippen LogP contribution in [0.5, 0.6) is 0 Å². The zero-order valence-electron chi connectivity index (χ0n) is 33.2. The largest absolute Gasteiger partial charge is 0.309 e. The van der Waals surface area contributed by atoms with E-state index in [1.54, 1.807) is 0 Å². The molecule has 284 valence electrons. The molecule has 0 fully saturated rings. The molecule has 0 bridgehead atoms. The highest BCUT2D eigenvalue weighted by Crippen LogP contribution is 2.42. The average molecular weight is 776 g/mol. The molecule has 3 nitrogen and oxygen atoms in total. The van der Waals surface area contributed by atoms with E-state index >= 15 is 0 Å². The van der Waals surface area contributed by atoms with Gasteiger partial charge in [0, 0.05) is 33.2 Å². The molecule has 12 aromatic rings. The van der Waals surface area contributed by atoms with Gasteiger partial charge in [0.1, 0.15) is 0 Å². The molecule has 0 aliphatic carbocycles. The van der Waals surface area contributed by atoms with E-state index in [9.17, 15) is 0 Å². The second-order valence-corrected chi connectivity index (χ2v) is 15.7. The van der Waals surface area contributed by atoms with E-state index in [-0.39, 0.29) is 0 Å². The number of nitrogens with zero attached hydrogens (tertiary/aromatic N) is 3. The van der Waals surface area contributed by atoms with E-state index < -0.39 is 0 Å². The van der Waals surface area contributed by atoms with Gasteiger partial charge in [-0.25, -0.2) is 9.97 Å². The summed E-state index contributed by atoms with van der Waals surface area (Å²) in [6.07, 6.45) is 0. The van der Waals surface area contributed by atoms with Gasteiger partial charge in [-0.15, -0.1) is 0 Å². The summed E-state index contributed by atoms with van der Waals surface area (Å²) in [7, 11) is 0. The van der Waals surface area contributed by atoms with E-state index in [1.165, 1.54) is 70.8 Å². The van der Waals surface area contributed by atoms with Crippen molar-refractivity contribution < 1.29 is 0 Å². The van der Waals surface area contributed by atoms with Gasteiger partial charge < -0.3 is 4.57 Å². The van der Waals surface area contributed by atoms with Crippen molar-refractivity contribution in [1.82, 2.24) is 14.5 Å². The number of hydrogen-bond acceptors (Lipinski definition) is 2. The lowest BCUT2D eigenvalue weighted by molar-refractivity contribution is 1.18. The predicted molar refractivity (Wildman–Crippen MR) is 256 cm³/mol.